The van der Waals surface area contributed by atoms with Crippen molar-refractivity contribution in [1.82, 2.24) is 14.5 Å². The molecule has 1 amide bonds. The van der Waals surface area contributed by atoms with Gasteiger partial charge in [-0.3, -0.25) is 9.69 Å². The molecule has 1 N–H and O–H groups in total. The second-order valence-corrected chi connectivity index (χ2v) is 10.4. The molecule has 0 radical (unpaired) electrons. The molecular formula is C24H30FN3O4S. The maximum atomic E-state index is 13.3. The molecule has 7 nitrogen and oxygen atoms in total. The fourth-order valence-electron chi connectivity index (χ4n) is 4.68. The standard InChI is InChI=1S/C24H30FN3O4S/c1-32-20-10-6-18(7-11-20)23(27-14-2-3-15-27)17-26-24(29)22-5-4-16-28(22)33(30,31)21-12-8-19(25)9-13-21/h6-13,22-23H,2-5,14-17H2,1H3,(H,26,29)/t22-,23+/m0/s1. The monoisotopic (exact) mass is 475 g/mol. The fraction of sp³-hybridized carbons (Fsp3) is 0.458. The van der Waals surface area contributed by atoms with Crippen molar-refractivity contribution in [3.05, 3.63) is 59.9 Å². The summed E-state index contributed by atoms with van der Waals surface area (Å²) in [6.07, 6.45) is 3.30. The molecule has 178 valence electrons. The first kappa shape index (κ1) is 23.7. The van der Waals surface area contributed by atoms with Crippen molar-refractivity contribution in [3.8, 4) is 5.75 Å². The van der Waals surface area contributed by atoms with E-state index in [1.54, 1.807) is 7.11 Å². The van der Waals surface area contributed by atoms with E-state index >= 15 is 0 Å². The van der Waals surface area contributed by atoms with E-state index in [2.05, 4.69) is 10.2 Å². The Morgan fingerprint density at radius 2 is 1.73 bits per heavy atom. The molecule has 0 saturated carbocycles. The van der Waals surface area contributed by atoms with E-state index in [-0.39, 0.29) is 23.4 Å². The van der Waals surface area contributed by atoms with E-state index in [0.717, 1.165) is 49.4 Å². The van der Waals surface area contributed by atoms with Crippen molar-refractivity contribution in [1.29, 1.82) is 0 Å². The van der Waals surface area contributed by atoms with Gasteiger partial charge in [-0.05, 0) is 80.7 Å². The van der Waals surface area contributed by atoms with Crippen LogP contribution in [-0.2, 0) is 14.8 Å². The van der Waals surface area contributed by atoms with Crippen molar-refractivity contribution in [3.63, 3.8) is 0 Å². The van der Waals surface area contributed by atoms with Gasteiger partial charge in [0, 0.05) is 13.1 Å². The number of methoxy groups -OCH3 is 1. The average Bonchev–Trinajstić information content (AvgIpc) is 3.53. The number of ether oxygens (including phenoxy) is 1. The third-order valence-electron chi connectivity index (χ3n) is 6.48. The number of rotatable bonds is 8. The van der Waals surface area contributed by atoms with Gasteiger partial charge in [0.25, 0.3) is 0 Å². The van der Waals surface area contributed by atoms with Crippen molar-refractivity contribution in [2.45, 2.75) is 42.7 Å². The van der Waals surface area contributed by atoms with Crippen molar-refractivity contribution < 1.29 is 22.3 Å². The summed E-state index contributed by atoms with van der Waals surface area (Å²) < 4.78 is 46.0. The number of benzene rings is 2. The summed E-state index contributed by atoms with van der Waals surface area (Å²) in [5.41, 5.74) is 1.08. The van der Waals surface area contributed by atoms with Crippen LogP contribution in [0.5, 0.6) is 5.75 Å². The number of hydrogen-bond acceptors (Lipinski definition) is 5. The van der Waals surface area contributed by atoms with Gasteiger partial charge in [0.15, 0.2) is 0 Å². The summed E-state index contributed by atoms with van der Waals surface area (Å²) in [6, 6.07) is 11.8. The van der Waals surface area contributed by atoms with Crippen LogP contribution in [0.15, 0.2) is 53.4 Å². The minimum atomic E-state index is -3.88. The van der Waals surface area contributed by atoms with Crippen LogP contribution in [0.25, 0.3) is 0 Å². The maximum Gasteiger partial charge on any atom is 0.243 e. The third-order valence-corrected chi connectivity index (χ3v) is 8.40. The smallest absolute Gasteiger partial charge is 0.243 e. The van der Waals surface area contributed by atoms with Crippen LogP contribution < -0.4 is 10.1 Å². The van der Waals surface area contributed by atoms with Crippen molar-refractivity contribution in [2.24, 2.45) is 0 Å². The molecule has 9 heteroatoms. The Labute approximate surface area is 194 Å². The van der Waals surface area contributed by atoms with Gasteiger partial charge < -0.3 is 10.1 Å². The highest BCUT2D eigenvalue weighted by Gasteiger charge is 2.39. The average molecular weight is 476 g/mol. The van der Waals surface area contributed by atoms with E-state index in [9.17, 15) is 17.6 Å². The topological polar surface area (TPSA) is 79.0 Å². The fourth-order valence-corrected chi connectivity index (χ4v) is 6.34. The Balaban J connectivity index is 1.47. The summed E-state index contributed by atoms with van der Waals surface area (Å²) in [5, 5.41) is 3.01. The van der Waals surface area contributed by atoms with Gasteiger partial charge in [0.05, 0.1) is 18.0 Å². The van der Waals surface area contributed by atoms with Gasteiger partial charge >= 0.3 is 0 Å². The lowest BCUT2D eigenvalue weighted by Gasteiger charge is -2.30. The van der Waals surface area contributed by atoms with E-state index in [1.165, 1.54) is 16.4 Å². The number of likely N-dealkylation sites (tertiary alicyclic amines) is 1. The highest BCUT2D eigenvalue weighted by Crippen LogP contribution is 2.28. The van der Waals surface area contributed by atoms with Crippen LogP contribution in [0.1, 0.15) is 37.3 Å². The van der Waals surface area contributed by atoms with E-state index in [1.807, 2.05) is 24.3 Å². The molecule has 2 fully saturated rings. The Morgan fingerprint density at radius 3 is 2.36 bits per heavy atom. The van der Waals surface area contributed by atoms with Crippen LogP contribution in [0.2, 0.25) is 0 Å². The molecule has 2 aromatic rings. The number of carbonyl (C=O) groups excluding carboxylic acids is 1. The molecule has 0 unspecified atom stereocenters. The lowest BCUT2D eigenvalue weighted by atomic mass is 10.0. The molecule has 2 saturated heterocycles. The van der Waals surface area contributed by atoms with Crippen LogP contribution in [-0.4, -0.2) is 62.9 Å². The molecule has 2 aliphatic rings. The first-order valence-electron chi connectivity index (χ1n) is 11.3. The Morgan fingerprint density at radius 1 is 1.06 bits per heavy atom. The molecule has 4 rings (SSSR count). The zero-order valence-electron chi connectivity index (χ0n) is 18.7. The SMILES string of the molecule is COc1ccc([C@@H](CNC(=O)[C@@H]2CCCN2S(=O)(=O)c2ccc(F)cc2)N2CCCC2)cc1. The summed E-state index contributed by atoms with van der Waals surface area (Å²) >= 11 is 0. The van der Waals surface area contributed by atoms with Crippen LogP contribution in [0.4, 0.5) is 4.39 Å². The number of halogens is 1. The predicted octanol–water partition coefficient (Wildman–Crippen LogP) is 2.94. The Kier molecular flexibility index (Phi) is 7.31. The lowest BCUT2D eigenvalue weighted by molar-refractivity contribution is -0.124. The zero-order chi connectivity index (χ0) is 23.4. The molecule has 0 aromatic heterocycles. The second kappa shape index (κ2) is 10.2. The molecule has 0 bridgehead atoms. The molecule has 0 spiro atoms. The lowest BCUT2D eigenvalue weighted by Crippen LogP contribution is -2.47. The van der Waals surface area contributed by atoms with Gasteiger partial charge in [0.1, 0.15) is 17.6 Å². The molecule has 2 aliphatic heterocycles. The van der Waals surface area contributed by atoms with Crippen molar-refractivity contribution in [2.75, 3.05) is 33.3 Å². The van der Waals surface area contributed by atoms with Gasteiger partial charge in [0.2, 0.25) is 15.9 Å². The number of sulfonamides is 1. The first-order valence-corrected chi connectivity index (χ1v) is 12.8. The minimum absolute atomic E-state index is 0.00299. The number of nitrogens with one attached hydrogen (secondary N) is 1. The van der Waals surface area contributed by atoms with E-state index in [4.69, 9.17) is 4.74 Å². The number of amides is 1. The zero-order valence-corrected chi connectivity index (χ0v) is 19.6. The molecule has 33 heavy (non-hydrogen) atoms. The second-order valence-electron chi connectivity index (χ2n) is 8.50. The van der Waals surface area contributed by atoms with E-state index < -0.39 is 21.9 Å². The molecular weight excluding hydrogens is 445 g/mol. The van der Waals surface area contributed by atoms with Gasteiger partial charge in [-0.25, -0.2) is 12.8 Å². The van der Waals surface area contributed by atoms with E-state index in [0.29, 0.717) is 19.4 Å². The normalized spacial score (nSPS) is 20.6. The number of carbonyl (C=O) groups is 1. The molecule has 0 aliphatic carbocycles. The highest BCUT2D eigenvalue weighted by molar-refractivity contribution is 7.89. The maximum absolute atomic E-state index is 13.3. The summed E-state index contributed by atoms with van der Waals surface area (Å²) in [5.74, 6) is -0.0254. The van der Waals surface area contributed by atoms with Gasteiger partial charge in [-0.2, -0.15) is 4.31 Å². The van der Waals surface area contributed by atoms with Gasteiger partial charge in [-0.15, -0.1) is 0 Å². The first-order chi connectivity index (χ1) is 15.9. The Bertz CT molecular complexity index is 1050. The minimum Gasteiger partial charge on any atom is -0.497 e. The molecule has 2 aromatic carbocycles. The summed E-state index contributed by atoms with van der Waals surface area (Å²) in [6.45, 7) is 2.58. The quantitative estimate of drug-likeness (QED) is 0.635. The van der Waals surface area contributed by atoms with Crippen molar-refractivity contribution >= 4 is 15.9 Å². The molecule has 2 heterocycles. The van der Waals surface area contributed by atoms with Gasteiger partial charge in [-0.1, -0.05) is 12.1 Å². The molecule has 2 atom stereocenters. The Hall–Kier alpha value is -2.49. The third kappa shape index (κ3) is 5.20. The largest absolute Gasteiger partial charge is 0.497 e. The summed E-state index contributed by atoms with van der Waals surface area (Å²) in [4.78, 5) is 15.5. The highest BCUT2D eigenvalue weighted by atomic mass is 32.2. The number of nitrogens with zero attached hydrogens (tertiary/aromatic N) is 2. The summed E-state index contributed by atoms with van der Waals surface area (Å²) in [7, 11) is -2.26. The van der Waals surface area contributed by atoms with Crippen LogP contribution in [0.3, 0.4) is 0 Å². The van der Waals surface area contributed by atoms with Crippen LogP contribution in [0, 0.1) is 5.82 Å². The number of hydrogen-bond donors (Lipinski definition) is 1. The van der Waals surface area contributed by atoms with Crippen LogP contribution >= 0.6 is 0 Å². The predicted molar refractivity (Wildman–Crippen MR) is 123 cm³/mol.